The number of para-hydroxylation sites is 2. The van der Waals surface area contributed by atoms with Gasteiger partial charge < -0.3 is 19.0 Å². The van der Waals surface area contributed by atoms with Gasteiger partial charge in [0.1, 0.15) is 34.7 Å². The van der Waals surface area contributed by atoms with Crippen molar-refractivity contribution in [2.45, 2.75) is 25.1 Å². The molecule has 57 heavy (non-hydrogen) atoms. The highest BCUT2D eigenvalue weighted by Crippen LogP contribution is 2.52. The van der Waals surface area contributed by atoms with Crippen LogP contribution in [-0.2, 0) is 4.74 Å². The van der Waals surface area contributed by atoms with Crippen LogP contribution in [0.1, 0.15) is 41.3 Å². The number of nitrogens with zero attached hydrogens (tertiary/aromatic N) is 3. The highest BCUT2D eigenvalue weighted by molar-refractivity contribution is 6.18. The van der Waals surface area contributed by atoms with Crippen molar-refractivity contribution in [2.24, 2.45) is 15.9 Å². The third kappa shape index (κ3) is 5.03. The second kappa shape index (κ2) is 12.7. The van der Waals surface area contributed by atoms with E-state index in [1.54, 1.807) is 0 Å². The molecule has 3 atom stereocenters. The van der Waals surface area contributed by atoms with Crippen LogP contribution in [0.15, 0.2) is 196 Å². The van der Waals surface area contributed by atoms with Crippen LogP contribution in [0.25, 0.3) is 55.0 Å². The molecule has 0 saturated carbocycles. The minimum Gasteiger partial charge on any atom is -0.485 e. The van der Waals surface area contributed by atoms with Crippen LogP contribution < -0.4 is 5.32 Å². The Morgan fingerprint density at radius 2 is 1.37 bits per heavy atom. The number of amidine groups is 2. The average Bonchev–Trinajstić information content (AvgIpc) is 3.96. The second-order valence-corrected chi connectivity index (χ2v) is 15.1. The van der Waals surface area contributed by atoms with E-state index in [4.69, 9.17) is 19.1 Å². The van der Waals surface area contributed by atoms with Crippen molar-refractivity contribution in [3.63, 3.8) is 0 Å². The molecule has 2 aromatic heterocycles. The zero-order valence-electron chi connectivity index (χ0n) is 31.0. The standard InChI is InChI=1S/C51H36N4O2/c1-3-14-31(15-4-1)49-52-50(32-16-5-2-6-17-32)54-51(53-49)33-28-29-42-38(30-33)46-36(20-11-25-43(46)56-42)37-21-12-26-44-47(37)48-41(24-13-27-45(48)57-44)55-39-22-9-7-18-34(39)35-19-8-10-23-40(35)55/h1-11,13-20,22-30,45,48-49H,12,21H2,(H,52,53,54). The molecule has 0 spiro atoms. The lowest BCUT2D eigenvalue weighted by molar-refractivity contribution is 0.185. The summed E-state index contributed by atoms with van der Waals surface area (Å²) in [5.74, 6) is 2.59. The lowest BCUT2D eigenvalue weighted by Crippen LogP contribution is -2.36. The van der Waals surface area contributed by atoms with Crippen molar-refractivity contribution >= 4 is 66.7 Å². The van der Waals surface area contributed by atoms with Crippen LogP contribution in [0, 0.1) is 5.92 Å². The lowest BCUT2D eigenvalue weighted by Gasteiger charge is -2.26. The van der Waals surface area contributed by atoms with Crippen molar-refractivity contribution in [3.8, 4) is 0 Å². The number of fused-ring (bicyclic) bond motifs is 9. The first-order valence-corrected chi connectivity index (χ1v) is 19.7. The molecular weight excluding hydrogens is 701 g/mol. The van der Waals surface area contributed by atoms with E-state index in [-0.39, 0.29) is 18.2 Å². The third-order valence-electron chi connectivity index (χ3n) is 11.9. The van der Waals surface area contributed by atoms with Gasteiger partial charge in [-0.3, -0.25) is 0 Å². The molecule has 4 aliphatic rings. The van der Waals surface area contributed by atoms with Gasteiger partial charge in [-0.2, -0.15) is 0 Å². The number of benzene rings is 6. The van der Waals surface area contributed by atoms with Gasteiger partial charge in [-0.15, -0.1) is 0 Å². The molecule has 1 N–H and O–H groups in total. The number of hydrogen-bond donors (Lipinski definition) is 1. The first-order valence-electron chi connectivity index (χ1n) is 19.7. The zero-order valence-corrected chi connectivity index (χ0v) is 31.0. The van der Waals surface area contributed by atoms with E-state index in [2.05, 4.69) is 143 Å². The molecular formula is C51H36N4O2. The van der Waals surface area contributed by atoms with Crippen molar-refractivity contribution < 1.29 is 9.15 Å². The second-order valence-electron chi connectivity index (χ2n) is 15.1. The number of aromatic nitrogens is 1. The van der Waals surface area contributed by atoms with Crippen molar-refractivity contribution in [1.29, 1.82) is 0 Å². The predicted molar refractivity (Wildman–Crippen MR) is 231 cm³/mol. The number of ether oxygens (including phenoxy) is 1. The van der Waals surface area contributed by atoms with Crippen molar-refractivity contribution in [2.75, 3.05) is 0 Å². The molecule has 1 saturated heterocycles. The van der Waals surface area contributed by atoms with Crippen LogP contribution in [0.3, 0.4) is 0 Å². The third-order valence-corrected chi connectivity index (χ3v) is 11.9. The largest absolute Gasteiger partial charge is 0.485 e. The molecule has 4 heterocycles. The number of nitrogens with one attached hydrogen (secondary N) is 1. The number of furan rings is 1. The monoisotopic (exact) mass is 736 g/mol. The molecule has 2 aliphatic heterocycles. The van der Waals surface area contributed by atoms with E-state index < -0.39 is 0 Å². The number of allylic oxidation sites excluding steroid dienone is 5. The Morgan fingerprint density at radius 1 is 0.649 bits per heavy atom. The SMILES string of the molecule is C1=CC2OC3=CCCC(c4cccc5oc6ccc(C7=NC(c8ccccc8)N=C(c8ccccc8)N7)cc6c45)=C3C2C(n2c3ccccc3c3ccccc32)=C1. The van der Waals surface area contributed by atoms with Gasteiger partial charge >= 0.3 is 0 Å². The van der Waals surface area contributed by atoms with E-state index >= 15 is 0 Å². The highest BCUT2D eigenvalue weighted by atomic mass is 16.5. The molecule has 8 aromatic rings. The summed E-state index contributed by atoms with van der Waals surface area (Å²) < 4.78 is 15.9. The summed E-state index contributed by atoms with van der Waals surface area (Å²) in [6.45, 7) is 0. The van der Waals surface area contributed by atoms with Gasteiger partial charge in [0.2, 0.25) is 0 Å². The lowest BCUT2D eigenvalue weighted by atomic mass is 9.79. The van der Waals surface area contributed by atoms with E-state index in [1.807, 2.05) is 36.4 Å². The fraction of sp³-hybridized carbons (Fsp3) is 0.0980. The molecule has 0 bridgehead atoms. The fourth-order valence-corrected chi connectivity index (χ4v) is 9.44. The Balaban J connectivity index is 1.02. The normalized spacial score (nSPS) is 20.2. The van der Waals surface area contributed by atoms with Gasteiger partial charge in [0.25, 0.3) is 0 Å². The smallest absolute Gasteiger partial charge is 0.169 e. The van der Waals surface area contributed by atoms with Gasteiger partial charge in [0, 0.05) is 43.9 Å². The van der Waals surface area contributed by atoms with Gasteiger partial charge in [-0.25, -0.2) is 9.98 Å². The Bertz CT molecular complexity index is 3090. The van der Waals surface area contributed by atoms with Crippen molar-refractivity contribution in [3.05, 3.63) is 203 Å². The minimum absolute atomic E-state index is 0.0196. The Labute approximate surface area is 329 Å². The summed E-state index contributed by atoms with van der Waals surface area (Å²) in [6, 6.07) is 51.0. The predicted octanol–water partition coefficient (Wildman–Crippen LogP) is 11.7. The Morgan fingerprint density at radius 3 is 2.16 bits per heavy atom. The quantitative estimate of drug-likeness (QED) is 0.191. The van der Waals surface area contributed by atoms with Crippen LogP contribution in [0.5, 0.6) is 0 Å². The van der Waals surface area contributed by atoms with Gasteiger partial charge in [0.15, 0.2) is 6.17 Å². The van der Waals surface area contributed by atoms with Gasteiger partial charge in [-0.05, 0) is 84.2 Å². The molecule has 0 radical (unpaired) electrons. The van der Waals surface area contributed by atoms with Gasteiger partial charge in [0.05, 0.1) is 17.0 Å². The average molecular weight is 737 g/mol. The van der Waals surface area contributed by atoms with Crippen LogP contribution in [-0.4, -0.2) is 22.3 Å². The maximum Gasteiger partial charge on any atom is 0.169 e. The van der Waals surface area contributed by atoms with E-state index in [1.165, 1.54) is 44.2 Å². The minimum atomic E-state index is -0.374. The van der Waals surface area contributed by atoms with E-state index in [0.29, 0.717) is 0 Å². The highest BCUT2D eigenvalue weighted by Gasteiger charge is 2.43. The molecule has 6 heteroatoms. The molecule has 6 nitrogen and oxygen atoms in total. The molecule has 2 aliphatic carbocycles. The summed E-state index contributed by atoms with van der Waals surface area (Å²) >= 11 is 0. The number of aliphatic imine (C=N–C) groups is 2. The first-order chi connectivity index (χ1) is 28.3. The number of rotatable bonds is 5. The summed E-state index contributed by atoms with van der Waals surface area (Å²) in [6.07, 6.45) is 10.3. The number of hydrogen-bond acceptors (Lipinski definition) is 5. The Hall–Kier alpha value is -7.18. The molecule has 1 fully saturated rings. The summed E-state index contributed by atoms with van der Waals surface area (Å²) in [5.41, 5.74) is 12.2. The summed E-state index contributed by atoms with van der Waals surface area (Å²) in [4.78, 5) is 10.2. The maximum absolute atomic E-state index is 6.85. The fourth-order valence-electron chi connectivity index (χ4n) is 9.44. The zero-order chi connectivity index (χ0) is 37.5. The summed E-state index contributed by atoms with van der Waals surface area (Å²) in [7, 11) is 0. The Kier molecular flexibility index (Phi) is 7.14. The molecule has 6 aromatic carbocycles. The van der Waals surface area contributed by atoms with E-state index in [9.17, 15) is 0 Å². The molecule has 272 valence electrons. The van der Waals surface area contributed by atoms with E-state index in [0.717, 1.165) is 68.9 Å². The van der Waals surface area contributed by atoms with Crippen LogP contribution in [0.2, 0.25) is 0 Å². The van der Waals surface area contributed by atoms with Crippen LogP contribution >= 0.6 is 0 Å². The van der Waals surface area contributed by atoms with Crippen molar-refractivity contribution in [1.82, 2.24) is 9.88 Å². The van der Waals surface area contributed by atoms with Gasteiger partial charge in [-0.1, -0.05) is 115 Å². The van der Waals surface area contributed by atoms with Crippen LogP contribution in [0.4, 0.5) is 0 Å². The molecule has 3 unspecified atom stereocenters. The topological polar surface area (TPSA) is 64.1 Å². The summed E-state index contributed by atoms with van der Waals surface area (Å²) in [5, 5.41) is 8.28. The first kappa shape index (κ1) is 32.1. The maximum atomic E-state index is 6.85. The molecule has 0 amide bonds. The molecule has 12 rings (SSSR count).